The molecule has 1 heterocycles. The number of hydrogen-bond acceptors (Lipinski definition) is 3. The molecule has 2 rings (SSSR count). The van der Waals surface area contributed by atoms with Crippen LogP contribution in [-0.2, 0) is 11.2 Å². The van der Waals surface area contributed by atoms with Gasteiger partial charge in [-0.15, -0.1) is 0 Å². The highest BCUT2D eigenvalue weighted by atomic mass is 16.2. The molecule has 0 radical (unpaired) electrons. The molecule has 4 heteroatoms. The maximum absolute atomic E-state index is 11.2. The fourth-order valence-electron chi connectivity index (χ4n) is 2.11. The van der Waals surface area contributed by atoms with Crippen LogP contribution in [0.3, 0.4) is 0 Å². The lowest BCUT2D eigenvalue weighted by Crippen LogP contribution is -2.46. The van der Waals surface area contributed by atoms with E-state index in [2.05, 4.69) is 17.6 Å². The molecule has 2 atom stereocenters. The van der Waals surface area contributed by atoms with Crippen molar-refractivity contribution >= 4 is 5.91 Å². The highest BCUT2D eigenvalue weighted by Crippen LogP contribution is 2.14. The van der Waals surface area contributed by atoms with Crippen molar-refractivity contribution in [3.63, 3.8) is 0 Å². The van der Waals surface area contributed by atoms with Crippen molar-refractivity contribution in [2.24, 2.45) is 5.73 Å². The summed E-state index contributed by atoms with van der Waals surface area (Å²) in [7, 11) is 1.86. The Bertz CT molecular complexity index is 366. The van der Waals surface area contributed by atoms with E-state index in [4.69, 9.17) is 5.73 Å². The topological polar surface area (TPSA) is 58.4 Å². The molecular weight excluding hydrogens is 202 g/mol. The molecule has 1 fully saturated rings. The van der Waals surface area contributed by atoms with Gasteiger partial charge in [-0.05, 0) is 12.0 Å². The van der Waals surface area contributed by atoms with Crippen LogP contribution in [0.25, 0.3) is 0 Å². The normalized spacial score (nSPS) is 23.1. The van der Waals surface area contributed by atoms with Crippen molar-refractivity contribution in [3.05, 3.63) is 35.9 Å². The molecule has 3 N–H and O–H groups in total. The summed E-state index contributed by atoms with van der Waals surface area (Å²) in [6, 6.07) is 10.2. The molecule has 1 aliphatic heterocycles. The third-order valence-electron chi connectivity index (χ3n) is 3.00. The number of rotatable bonds is 3. The molecule has 0 bridgehead atoms. The summed E-state index contributed by atoms with van der Waals surface area (Å²) < 4.78 is 0. The first-order chi connectivity index (χ1) is 7.66. The molecule has 1 aliphatic rings. The molecule has 0 unspecified atom stereocenters. The smallest absolute Gasteiger partial charge is 0.235 e. The first-order valence-electron chi connectivity index (χ1n) is 5.48. The van der Waals surface area contributed by atoms with Crippen molar-refractivity contribution in [2.45, 2.75) is 24.9 Å². The first kappa shape index (κ1) is 11.1. The summed E-state index contributed by atoms with van der Waals surface area (Å²) in [5.41, 5.74) is 10.1. The third kappa shape index (κ3) is 2.40. The summed E-state index contributed by atoms with van der Waals surface area (Å²) in [6.45, 7) is 0. The lowest BCUT2D eigenvalue weighted by Gasteiger charge is -2.24. The molecule has 1 saturated heterocycles. The zero-order valence-electron chi connectivity index (χ0n) is 9.39. The van der Waals surface area contributed by atoms with Gasteiger partial charge in [0.15, 0.2) is 0 Å². The summed E-state index contributed by atoms with van der Waals surface area (Å²) in [5.74, 6) is 0.0519. The Hall–Kier alpha value is -1.39. The van der Waals surface area contributed by atoms with Gasteiger partial charge in [-0.3, -0.25) is 10.2 Å². The summed E-state index contributed by atoms with van der Waals surface area (Å²) in [5, 5.41) is 1.82. The molecule has 1 amide bonds. The third-order valence-corrected chi connectivity index (χ3v) is 3.00. The van der Waals surface area contributed by atoms with Crippen LogP contribution in [0.1, 0.15) is 12.0 Å². The molecule has 16 heavy (non-hydrogen) atoms. The molecule has 86 valence electrons. The molecule has 0 spiro atoms. The van der Waals surface area contributed by atoms with Gasteiger partial charge in [0.1, 0.15) is 0 Å². The predicted octanol–water partition coefficient (Wildman–Crippen LogP) is 0.292. The molecule has 0 aliphatic carbocycles. The zero-order valence-corrected chi connectivity index (χ0v) is 9.39. The van der Waals surface area contributed by atoms with Gasteiger partial charge >= 0.3 is 0 Å². The Morgan fingerprint density at radius 2 is 2.19 bits per heavy atom. The Morgan fingerprint density at radius 1 is 1.50 bits per heavy atom. The van der Waals surface area contributed by atoms with Crippen LogP contribution >= 0.6 is 0 Å². The minimum absolute atomic E-state index is 0.0219. The number of likely N-dealkylation sites (N-methyl/N-ethyl adjacent to an activating group) is 1. The van der Waals surface area contributed by atoms with E-state index in [1.807, 2.05) is 30.3 Å². The van der Waals surface area contributed by atoms with Crippen LogP contribution in [0.15, 0.2) is 30.3 Å². The van der Waals surface area contributed by atoms with Crippen LogP contribution in [0, 0.1) is 0 Å². The second-order valence-corrected chi connectivity index (χ2v) is 4.27. The fourth-order valence-corrected chi connectivity index (χ4v) is 2.11. The highest BCUT2D eigenvalue weighted by Gasteiger charge is 2.31. The SMILES string of the molecule is CN1NC(=O)C[C@H]1[C@@H](N)Cc1ccccc1. The number of nitrogens with zero attached hydrogens (tertiary/aromatic N) is 1. The van der Waals surface area contributed by atoms with Crippen LogP contribution in [0.4, 0.5) is 0 Å². The number of nitrogens with one attached hydrogen (secondary N) is 1. The largest absolute Gasteiger partial charge is 0.326 e. The van der Waals surface area contributed by atoms with Crippen molar-refractivity contribution in [1.29, 1.82) is 0 Å². The Kier molecular flexibility index (Phi) is 3.22. The van der Waals surface area contributed by atoms with Crippen LogP contribution in [0.5, 0.6) is 0 Å². The van der Waals surface area contributed by atoms with E-state index in [9.17, 15) is 4.79 Å². The minimum Gasteiger partial charge on any atom is -0.326 e. The Morgan fingerprint density at radius 3 is 2.75 bits per heavy atom. The number of carbonyl (C=O) groups is 1. The molecule has 1 aromatic rings. The van der Waals surface area contributed by atoms with E-state index in [0.717, 1.165) is 6.42 Å². The van der Waals surface area contributed by atoms with Gasteiger partial charge in [-0.2, -0.15) is 0 Å². The number of hydrazine groups is 1. The Labute approximate surface area is 95.4 Å². The predicted molar refractivity (Wildman–Crippen MR) is 62.4 cm³/mol. The van der Waals surface area contributed by atoms with Crippen LogP contribution in [-0.4, -0.2) is 30.0 Å². The Balaban J connectivity index is 1.98. The monoisotopic (exact) mass is 219 g/mol. The average molecular weight is 219 g/mol. The second kappa shape index (κ2) is 4.63. The highest BCUT2D eigenvalue weighted by molar-refractivity contribution is 5.78. The van der Waals surface area contributed by atoms with Gasteiger partial charge in [0.25, 0.3) is 0 Å². The van der Waals surface area contributed by atoms with Gasteiger partial charge in [-0.1, -0.05) is 30.3 Å². The van der Waals surface area contributed by atoms with Crippen molar-refractivity contribution in [2.75, 3.05) is 7.05 Å². The molecule has 4 nitrogen and oxygen atoms in total. The maximum atomic E-state index is 11.2. The maximum Gasteiger partial charge on any atom is 0.235 e. The zero-order chi connectivity index (χ0) is 11.5. The quantitative estimate of drug-likeness (QED) is 0.768. The number of benzene rings is 1. The summed E-state index contributed by atoms with van der Waals surface area (Å²) in [6.07, 6.45) is 1.29. The van der Waals surface area contributed by atoms with Gasteiger partial charge in [0.2, 0.25) is 5.91 Å². The van der Waals surface area contributed by atoms with E-state index >= 15 is 0 Å². The molecular formula is C12H17N3O. The van der Waals surface area contributed by atoms with Crippen LogP contribution in [0.2, 0.25) is 0 Å². The van der Waals surface area contributed by atoms with E-state index in [0.29, 0.717) is 6.42 Å². The van der Waals surface area contributed by atoms with Crippen molar-refractivity contribution in [1.82, 2.24) is 10.4 Å². The van der Waals surface area contributed by atoms with Crippen molar-refractivity contribution in [3.8, 4) is 0 Å². The van der Waals surface area contributed by atoms with Crippen LogP contribution < -0.4 is 11.2 Å². The standard InChI is InChI=1S/C12H17N3O/c1-15-11(8-12(16)14-15)10(13)7-9-5-3-2-4-6-9/h2-6,10-11H,7-8,13H2,1H3,(H,14,16)/t10-,11-/m0/s1. The van der Waals surface area contributed by atoms with E-state index < -0.39 is 0 Å². The van der Waals surface area contributed by atoms with Gasteiger partial charge < -0.3 is 5.73 Å². The van der Waals surface area contributed by atoms with Gasteiger partial charge in [0, 0.05) is 19.5 Å². The minimum atomic E-state index is -0.0219. The number of carbonyl (C=O) groups excluding carboxylic acids is 1. The average Bonchev–Trinajstić information content (AvgIpc) is 2.59. The number of hydrogen-bond donors (Lipinski definition) is 2. The van der Waals surface area contributed by atoms with E-state index in [1.54, 1.807) is 0 Å². The molecule has 0 aromatic heterocycles. The van der Waals surface area contributed by atoms with Gasteiger partial charge in [-0.25, -0.2) is 5.01 Å². The summed E-state index contributed by atoms with van der Waals surface area (Å²) in [4.78, 5) is 11.2. The van der Waals surface area contributed by atoms with E-state index in [1.165, 1.54) is 5.56 Å². The number of amides is 1. The summed E-state index contributed by atoms with van der Waals surface area (Å²) >= 11 is 0. The lowest BCUT2D eigenvalue weighted by atomic mass is 9.98. The molecule has 1 aromatic carbocycles. The lowest BCUT2D eigenvalue weighted by molar-refractivity contribution is -0.120. The van der Waals surface area contributed by atoms with Crippen molar-refractivity contribution < 1.29 is 4.79 Å². The number of nitrogens with two attached hydrogens (primary N) is 1. The van der Waals surface area contributed by atoms with Gasteiger partial charge in [0.05, 0.1) is 6.04 Å². The first-order valence-corrected chi connectivity index (χ1v) is 5.48. The van der Waals surface area contributed by atoms with E-state index in [-0.39, 0.29) is 18.0 Å². The fraction of sp³-hybridized carbons (Fsp3) is 0.417. The molecule has 0 saturated carbocycles. The second-order valence-electron chi connectivity index (χ2n) is 4.27.